The summed E-state index contributed by atoms with van der Waals surface area (Å²) in [7, 11) is 0. The maximum atomic E-state index is 13.7. The number of carbonyl (C=O) groups excluding carboxylic acids is 2. The molecular weight excluding hydrogens is 582 g/mol. The third-order valence-corrected chi connectivity index (χ3v) is 9.10. The number of esters is 2. The molecule has 2 aliphatic rings. The molecule has 1 atom stereocenters. The molecule has 5 rings (SSSR count). The average molecular weight is 624 g/mol. The highest BCUT2D eigenvalue weighted by atomic mass is 16.6. The molecule has 1 saturated heterocycles. The van der Waals surface area contributed by atoms with E-state index in [9.17, 15) is 19.7 Å². The number of rotatable bonds is 11. The third-order valence-electron chi connectivity index (χ3n) is 9.10. The van der Waals surface area contributed by atoms with Crippen molar-refractivity contribution in [2.24, 2.45) is 0 Å². The number of nitrogens with one attached hydrogen (secondary N) is 1. The van der Waals surface area contributed by atoms with Crippen molar-refractivity contribution in [1.29, 1.82) is 0 Å². The number of non-ortho nitro benzene ring substituents is 1. The maximum Gasteiger partial charge on any atom is 0.336 e. The lowest BCUT2D eigenvalue weighted by atomic mass is 9.68. The predicted octanol–water partition coefficient (Wildman–Crippen LogP) is 6.41. The zero-order valence-corrected chi connectivity index (χ0v) is 26.7. The Kier molecular flexibility index (Phi) is 10.3. The first-order valence-corrected chi connectivity index (χ1v) is 15.9. The predicted molar refractivity (Wildman–Crippen MR) is 176 cm³/mol. The minimum atomic E-state index is -0.876. The number of piperidine rings is 1. The lowest BCUT2D eigenvalue weighted by molar-refractivity contribution is -0.384. The summed E-state index contributed by atoms with van der Waals surface area (Å²) in [6.07, 6.45) is 2.63. The second-order valence-electron chi connectivity index (χ2n) is 11.9. The summed E-state index contributed by atoms with van der Waals surface area (Å²) in [5.41, 5.74) is 4.47. The van der Waals surface area contributed by atoms with Crippen LogP contribution < -0.4 is 5.32 Å². The van der Waals surface area contributed by atoms with Gasteiger partial charge >= 0.3 is 11.9 Å². The molecule has 0 bridgehead atoms. The summed E-state index contributed by atoms with van der Waals surface area (Å²) in [6.45, 7) is 8.15. The SMILES string of the molecule is CCOC(=O)C1=C(C)NC(C)=C(C(=O)OCCCN2CCC(c3ccccc3)(c3ccccc3)CC2)C1c1cccc([N+](=O)[O-])c1. The number of dihydropyridines is 1. The Hall–Kier alpha value is -4.76. The molecule has 2 heterocycles. The van der Waals surface area contributed by atoms with E-state index in [2.05, 4.69) is 70.9 Å². The Morgan fingerprint density at radius 1 is 0.870 bits per heavy atom. The molecule has 0 saturated carbocycles. The summed E-state index contributed by atoms with van der Waals surface area (Å²) in [6, 6.07) is 27.4. The largest absolute Gasteiger partial charge is 0.463 e. The van der Waals surface area contributed by atoms with Gasteiger partial charge in [-0.15, -0.1) is 0 Å². The molecule has 240 valence electrons. The second kappa shape index (κ2) is 14.6. The van der Waals surface area contributed by atoms with Gasteiger partial charge in [-0.2, -0.15) is 0 Å². The first kappa shape index (κ1) is 32.6. The molecule has 9 nitrogen and oxygen atoms in total. The molecule has 0 spiro atoms. The van der Waals surface area contributed by atoms with Crippen LogP contribution in [0.5, 0.6) is 0 Å². The molecule has 1 fully saturated rings. The number of carbonyl (C=O) groups is 2. The van der Waals surface area contributed by atoms with Gasteiger partial charge in [0.25, 0.3) is 5.69 Å². The molecule has 3 aromatic rings. The van der Waals surface area contributed by atoms with Crippen LogP contribution in [0.15, 0.2) is 107 Å². The molecule has 46 heavy (non-hydrogen) atoms. The van der Waals surface area contributed by atoms with Gasteiger partial charge in [0, 0.05) is 35.5 Å². The van der Waals surface area contributed by atoms with Crippen LogP contribution in [-0.2, 0) is 24.5 Å². The molecular formula is C37H41N3O6. The average Bonchev–Trinajstić information content (AvgIpc) is 3.07. The normalized spacial score (nSPS) is 18.1. The molecule has 9 heteroatoms. The minimum Gasteiger partial charge on any atom is -0.463 e. The summed E-state index contributed by atoms with van der Waals surface area (Å²) >= 11 is 0. The van der Waals surface area contributed by atoms with Crippen LogP contribution in [0.1, 0.15) is 62.6 Å². The Bertz CT molecular complexity index is 1580. The van der Waals surface area contributed by atoms with Crippen molar-refractivity contribution in [2.75, 3.05) is 32.8 Å². The van der Waals surface area contributed by atoms with Crippen LogP contribution in [0.3, 0.4) is 0 Å². The molecule has 0 radical (unpaired) electrons. The molecule has 1 N–H and O–H groups in total. The van der Waals surface area contributed by atoms with Gasteiger partial charge < -0.3 is 19.7 Å². The Morgan fingerprint density at radius 3 is 1.98 bits per heavy atom. The molecule has 0 aliphatic carbocycles. The zero-order valence-electron chi connectivity index (χ0n) is 26.7. The van der Waals surface area contributed by atoms with Gasteiger partial charge in [-0.1, -0.05) is 72.8 Å². The summed E-state index contributed by atoms with van der Waals surface area (Å²) in [5.74, 6) is -2.03. The smallest absolute Gasteiger partial charge is 0.336 e. The quantitative estimate of drug-likeness (QED) is 0.113. The Morgan fingerprint density at radius 2 is 1.43 bits per heavy atom. The highest BCUT2D eigenvalue weighted by molar-refractivity contribution is 6.00. The van der Waals surface area contributed by atoms with Crippen LogP contribution in [-0.4, -0.2) is 54.6 Å². The lowest BCUT2D eigenvalue weighted by Gasteiger charge is -2.43. The fourth-order valence-electron chi connectivity index (χ4n) is 6.84. The van der Waals surface area contributed by atoms with Crippen molar-refractivity contribution in [3.8, 4) is 0 Å². The standard InChI is InChI=1S/C37H41N3O6/c1-4-45-35(41)32-26(2)38-27(3)33(34(32)28-13-11-18-31(25-28)40(43)44)36(42)46-24-12-21-39-22-19-37(20-23-39,29-14-7-5-8-15-29)30-16-9-6-10-17-30/h5-11,13-18,25,34,38H,4,12,19-24H2,1-3H3. The maximum absolute atomic E-state index is 13.7. The second-order valence-corrected chi connectivity index (χ2v) is 11.9. The zero-order chi connectivity index (χ0) is 32.7. The number of nitro groups is 1. The highest BCUT2D eigenvalue weighted by Gasteiger charge is 2.39. The van der Waals surface area contributed by atoms with E-state index in [1.807, 2.05) is 0 Å². The van der Waals surface area contributed by atoms with E-state index in [1.165, 1.54) is 23.3 Å². The van der Waals surface area contributed by atoms with Crippen molar-refractivity contribution >= 4 is 17.6 Å². The van der Waals surface area contributed by atoms with E-state index in [0.717, 1.165) is 32.5 Å². The number of likely N-dealkylation sites (tertiary alicyclic amines) is 1. The topological polar surface area (TPSA) is 111 Å². The summed E-state index contributed by atoms with van der Waals surface area (Å²) in [4.78, 5) is 40.3. The van der Waals surface area contributed by atoms with E-state index in [-0.39, 0.29) is 35.5 Å². The van der Waals surface area contributed by atoms with Gasteiger partial charge in [0.2, 0.25) is 0 Å². The Labute approximate surface area is 270 Å². The molecule has 2 aliphatic heterocycles. The van der Waals surface area contributed by atoms with Crippen LogP contribution in [0.4, 0.5) is 5.69 Å². The van der Waals surface area contributed by atoms with Crippen LogP contribution in [0, 0.1) is 10.1 Å². The van der Waals surface area contributed by atoms with Crippen LogP contribution in [0.25, 0.3) is 0 Å². The van der Waals surface area contributed by atoms with E-state index in [1.54, 1.807) is 32.9 Å². The van der Waals surface area contributed by atoms with Gasteiger partial charge in [0.1, 0.15) is 0 Å². The number of nitrogens with zero attached hydrogens (tertiary/aromatic N) is 2. The van der Waals surface area contributed by atoms with Gasteiger partial charge in [-0.3, -0.25) is 10.1 Å². The van der Waals surface area contributed by atoms with E-state index < -0.39 is 22.8 Å². The van der Waals surface area contributed by atoms with Crippen molar-refractivity contribution in [3.63, 3.8) is 0 Å². The first-order valence-electron chi connectivity index (χ1n) is 15.9. The number of nitro benzene ring substituents is 1. The van der Waals surface area contributed by atoms with E-state index >= 15 is 0 Å². The third kappa shape index (κ3) is 6.89. The molecule has 3 aromatic carbocycles. The number of allylic oxidation sites excluding steroid dienone is 2. The van der Waals surface area contributed by atoms with Crippen LogP contribution in [0.2, 0.25) is 0 Å². The number of benzene rings is 3. The van der Waals surface area contributed by atoms with Gasteiger partial charge in [-0.25, -0.2) is 9.59 Å². The molecule has 0 aromatic heterocycles. The van der Waals surface area contributed by atoms with Crippen molar-refractivity contribution in [1.82, 2.24) is 10.2 Å². The fraction of sp³-hybridized carbons (Fsp3) is 0.351. The van der Waals surface area contributed by atoms with Crippen molar-refractivity contribution < 1.29 is 24.0 Å². The van der Waals surface area contributed by atoms with Crippen molar-refractivity contribution in [2.45, 2.75) is 51.4 Å². The Balaban J connectivity index is 1.26. The molecule has 1 unspecified atom stereocenters. The van der Waals surface area contributed by atoms with Gasteiger partial charge in [-0.05, 0) is 69.8 Å². The number of ether oxygens (including phenoxy) is 2. The van der Waals surface area contributed by atoms with Crippen molar-refractivity contribution in [3.05, 3.63) is 134 Å². The monoisotopic (exact) mass is 623 g/mol. The number of hydrogen-bond acceptors (Lipinski definition) is 8. The van der Waals surface area contributed by atoms with Gasteiger partial charge in [0.05, 0.1) is 35.2 Å². The minimum absolute atomic E-state index is 0.0345. The van der Waals surface area contributed by atoms with E-state index in [0.29, 0.717) is 23.4 Å². The summed E-state index contributed by atoms with van der Waals surface area (Å²) in [5, 5.41) is 14.7. The lowest BCUT2D eigenvalue weighted by Crippen LogP contribution is -2.43. The highest BCUT2D eigenvalue weighted by Crippen LogP contribution is 2.42. The first-order chi connectivity index (χ1) is 22.2. The fourth-order valence-corrected chi connectivity index (χ4v) is 6.84. The summed E-state index contributed by atoms with van der Waals surface area (Å²) < 4.78 is 11.1. The molecule has 0 amide bonds. The van der Waals surface area contributed by atoms with E-state index in [4.69, 9.17) is 9.47 Å². The van der Waals surface area contributed by atoms with Gasteiger partial charge in [0.15, 0.2) is 0 Å². The van der Waals surface area contributed by atoms with Crippen LogP contribution >= 0.6 is 0 Å². The number of hydrogen-bond donors (Lipinski definition) is 1.